The first-order valence-electron chi connectivity index (χ1n) is 8.06. The molecular formula is C19H20F3IO5. The second-order valence-electron chi connectivity index (χ2n) is 5.31. The number of aryl methyl sites for hydroxylation is 1. The number of aliphatic hydroxyl groups excluding tert-OH is 1. The lowest BCUT2D eigenvalue weighted by Gasteiger charge is -2.09. The van der Waals surface area contributed by atoms with Crippen molar-refractivity contribution < 1.29 is 58.9 Å². The molecule has 0 aliphatic heterocycles. The third kappa shape index (κ3) is 7.93. The number of benzene rings is 2. The van der Waals surface area contributed by atoms with Crippen LogP contribution in [0.2, 0.25) is 0 Å². The standard InChI is InChI=1S/C17H20IO3.C2HF3O2/c1-20-15-11-13(7-6-10-19)17(16(12-15)21-2)18-14-8-4-3-5-9-14;3-2(4,5)1(6)7/h3-5,8-9,11-12,19H,6-7,10H2,1-2H3;(H,6,7)/q+1;/p-1. The van der Waals surface area contributed by atoms with E-state index in [0.717, 1.165) is 24.3 Å². The molecule has 5 nitrogen and oxygen atoms in total. The van der Waals surface area contributed by atoms with Gasteiger partial charge in [0.05, 0.1) is 14.2 Å². The molecule has 2 aromatic rings. The molecule has 0 atom stereocenters. The van der Waals surface area contributed by atoms with Gasteiger partial charge in [0.25, 0.3) is 0 Å². The lowest BCUT2D eigenvalue weighted by Crippen LogP contribution is -3.61. The van der Waals surface area contributed by atoms with Gasteiger partial charge in [-0.15, -0.1) is 0 Å². The Morgan fingerprint density at radius 1 is 1.14 bits per heavy atom. The maximum Gasteiger partial charge on any atom is 0.430 e. The molecular weight excluding hydrogens is 492 g/mol. The molecule has 0 bridgehead atoms. The summed E-state index contributed by atoms with van der Waals surface area (Å²) >= 11 is -0.319. The molecule has 0 fully saturated rings. The number of carbonyl (C=O) groups is 1. The zero-order valence-electron chi connectivity index (χ0n) is 15.3. The Hall–Kier alpha value is -2.01. The summed E-state index contributed by atoms with van der Waals surface area (Å²) in [5, 5.41) is 17.9. The van der Waals surface area contributed by atoms with Crippen LogP contribution in [0.5, 0.6) is 11.5 Å². The zero-order valence-corrected chi connectivity index (χ0v) is 17.4. The van der Waals surface area contributed by atoms with E-state index < -0.39 is 12.1 Å². The number of halogens is 4. The van der Waals surface area contributed by atoms with E-state index in [9.17, 15) is 13.2 Å². The average molecular weight is 512 g/mol. The van der Waals surface area contributed by atoms with E-state index in [2.05, 4.69) is 30.3 Å². The van der Waals surface area contributed by atoms with E-state index in [1.807, 2.05) is 12.1 Å². The Morgan fingerprint density at radius 2 is 1.75 bits per heavy atom. The molecule has 9 heteroatoms. The number of hydrogen-bond acceptors (Lipinski definition) is 5. The van der Waals surface area contributed by atoms with Crippen LogP contribution in [0.15, 0.2) is 42.5 Å². The van der Waals surface area contributed by atoms with E-state index in [4.69, 9.17) is 24.5 Å². The molecule has 0 aromatic heterocycles. The summed E-state index contributed by atoms with van der Waals surface area (Å²) in [6, 6.07) is 14.5. The molecule has 154 valence electrons. The number of carboxylic acid groups (broad SMARTS) is 1. The van der Waals surface area contributed by atoms with Crippen molar-refractivity contribution in [3.05, 3.63) is 55.2 Å². The van der Waals surface area contributed by atoms with Crippen molar-refractivity contribution in [3.8, 4) is 11.5 Å². The lowest BCUT2D eigenvalue weighted by atomic mass is 10.1. The normalized spacial score (nSPS) is 10.6. The number of aliphatic carboxylic acids is 1. The largest absolute Gasteiger partial charge is 0.542 e. The highest BCUT2D eigenvalue weighted by molar-refractivity contribution is 5.70. The van der Waals surface area contributed by atoms with Gasteiger partial charge in [0.15, 0.2) is 9.32 Å². The SMILES string of the molecule is COc1cc(CCCO)c([I+]c2ccccc2)c(OC)c1.O=C([O-])C(F)(F)F. The van der Waals surface area contributed by atoms with Gasteiger partial charge in [0.2, 0.25) is 3.57 Å². The molecule has 0 amide bonds. The van der Waals surface area contributed by atoms with Gasteiger partial charge < -0.3 is 24.5 Å². The molecule has 2 rings (SSSR count). The zero-order chi connectivity index (χ0) is 21.2. The van der Waals surface area contributed by atoms with Crippen molar-refractivity contribution in [2.75, 3.05) is 20.8 Å². The van der Waals surface area contributed by atoms with E-state index in [0.29, 0.717) is 0 Å². The van der Waals surface area contributed by atoms with Crippen LogP contribution in [0, 0.1) is 7.14 Å². The van der Waals surface area contributed by atoms with Gasteiger partial charge in [0, 0.05) is 18.2 Å². The van der Waals surface area contributed by atoms with Gasteiger partial charge in [-0.05, 0) is 31.0 Å². The molecule has 0 saturated carbocycles. The molecule has 28 heavy (non-hydrogen) atoms. The summed E-state index contributed by atoms with van der Waals surface area (Å²) in [5.74, 6) is -1.31. The highest BCUT2D eigenvalue weighted by Crippen LogP contribution is 2.23. The van der Waals surface area contributed by atoms with Crippen LogP contribution in [0.3, 0.4) is 0 Å². The molecule has 0 unspecified atom stereocenters. The Labute approximate surface area is 171 Å². The van der Waals surface area contributed by atoms with E-state index in [-0.39, 0.29) is 27.8 Å². The molecule has 2 aromatic carbocycles. The summed E-state index contributed by atoms with van der Waals surface area (Å²) in [6.45, 7) is 0.197. The highest BCUT2D eigenvalue weighted by Gasteiger charge is 2.29. The monoisotopic (exact) mass is 512 g/mol. The minimum absolute atomic E-state index is 0.197. The van der Waals surface area contributed by atoms with E-state index in [1.54, 1.807) is 14.2 Å². The number of carboxylic acids is 1. The van der Waals surface area contributed by atoms with Crippen LogP contribution in [0.1, 0.15) is 12.0 Å². The van der Waals surface area contributed by atoms with Crippen LogP contribution >= 0.6 is 0 Å². The third-order valence-corrected chi connectivity index (χ3v) is 6.42. The summed E-state index contributed by atoms with van der Waals surface area (Å²) in [6.07, 6.45) is -3.60. The molecule has 0 aliphatic carbocycles. The molecule has 1 N–H and O–H groups in total. The topological polar surface area (TPSA) is 78.8 Å². The minimum Gasteiger partial charge on any atom is -0.542 e. The molecule has 0 saturated heterocycles. The van der Waals surface area contributed by atoms with Crippen molar-refractivity contribution in [2.24, 2.45) is 0 Å². The smallest absolute Gasteiger partial charge is 0.430 e. The Balaban J connectivity index is 0.000000480. The van der Waals surface area contributed by atoms with Crippen molar-refractivity contribution in [1.82, 2.24) is 0 Å². The fourth-order valence-corrected chi connectivity index (χ4v) is 4.85. The van der Waals surface area contributed by atoms with Crippen LogP contribution in [0.4, 0.5) is 13.2 Å². The Kier molecular flexibility index (Phi) is 10.1. The second kappa shape index (κ2) is 11.7. The Bertz CT molecular complexity index is 751. The summed E-state index contributed by atoms with van der Waals surface area (Å²) < 4.78 is 45.1. The van der Waals surface area contributed by atoms with Crippen LogP contribution in [-0.2, 0) is 11.2 Å². The van der Waals surface area contributed by atoms with Gasteiger partial charge >= 0.3 is 27.4 Å². The molecule has 0 radical (unpaired) electrons. The van der Waals surface area contributed by atoms with Crippen molar-refractivity contribution in [1.29, 1.82) is 0 Å². The summed E-state index contributed by atoms with van der Waals surface area (Å²) in [7, 11) is 3.36. The van der Waals surface area contributed by atoms with Gasteiger partial charge in [0.1, 0.15) is 11.7 Å². The number of hydrogen-bond donors (Lipinski definition) is 1. The maximum absolute atomic E-state index is 10.5. The molecule has 0 spiro atoms. The lowest BCUT2D eigenvalue weighted by molar-refractivity contribution is -0.599. The predicted octanol–water partition coefficient (Wildman–Crippen LogP) is -0.944. The fraction of sp³-hybridized carbons (Fsp3) is 0.316. The van der Waals surface area contributed by atoms with E-state index >= 15 is 0 Å². The third-order valence-electron chi connectivity index (χ3n) is 3.32. The van der Waals surface area contributed by atoms with Gasteiger partial charge in [-0.1, -0.05) is 18.2 Å². The summed E-state index contributed by atoms with van der Waals surface area (Å²) in [5.41, 5.74) is 1.22. The van der Waals surface area contributed by atoms with E-state index in [1.165, 1.54) is 12.7 Å². The number of aliphatic hydroxyl groups is 1. The van der Waals surface area contributed by atoms with Crippen LogP contribution in [0.25, 0.3) is 0 Å². The number of methoxy groups -OCH3 is 2. The van der Waals surface area contributed by atoms with Gasteiger partial charge in [-0.25, -0.2) is 0 Å². The van der Waals surface area contributed by atoms with Crippen molar-refractivity contribution in [3.63, 3.8) is 0 Å². The van der Waals surface area contributed by atoms with Crippen LogP contribution < -0.4 is 35.8 Å². The minimum atomic E-state index is -5.19. The number of rotatable bonds is 7. The first-order chi connectivity index (χ1) is 13.2. The first-order valence-corrected chi connectivity index (χ1v) is 10.2. The molecule has 0 aliphatic rings. The number of ether oxygens (including phenoxy) is 2. The van der Waals surface area contributed by atoms with Crippen molar-refractivity contribution in [2.45, 2.75) is 19.0 Å². The maximum atomic E-state index is 10.5. The highest BCUT2D eigenvalue weighted by atomic mass is 127. The van der Waals surface area contributed by atoms with Crippen molar-refractivity contribution >= 4 is 5.97 Å². The van der Waals surface area contributed by atoms with Gasteiger partial charge in [-0.2, -0.15) is 13.2 Å². The fourth-order valence-electron chi connectivity index (χ4n) is 2.04. The van der Waals surface area contributed by atoms with Crippen LogP contribution in [-0.4, -0.2) is 38.1 Å². The molecule has 0 heterocycles. The quantitative estimate of drug-likeness (QED) is 0.485. The number of alkyl halides is 3. The number of carbonyl (C=O) groups excluding carboxylic acids is 1. The summed E-state index contributed by atoms with van der Waals surface area (Å²) in [4.78, 5) is 8.78. The first kappa shape index (κ1) is 24.0. The predicted molar refractivity (Wildman–Crippen MR) is 89.9 cm³/mol. The average Bonchev–Trinajstić information content (AvgIpc) is 2.67. The Morgan fingerprint density at radius 3 is 2.21 bits per heavy atom. The van der Waals surface area contributed by atoms with Gasteiger partial charge in [-0.3, -0.25) is 0 Å². The second-order valence-corrected chi connectivity index (χ2v) is 8.17.